The molecular weight excluding hydrogens is 342 g/mol. The monoisotopic (exact) mass is 369 g/mol. The van der Waals surface area contributed by atoms with Gasteiger partial charge in [0.25, 0.3) is 5.91 Å². The van der Waals surface area contributed by atoms with Crippen molar-refractivity contribution in [2.75, 3.05) is 5.32 Å². The van der Waals surface area contributed by atoms with Crippen LogP contribution >= 0.6 is 0 Å². The Morgan fingerprint density at radius 1 is 1.33 bits per heavy atom. The molecule has 1 saturated carbocycles. The maximum atomic E-state index is 12.7. The van der Waals surface area contributed by atoms with Gasteiger partial charge in [0.2, 0.25) is 0 Å². The molecule has 0 aliphatic heterocycles. The summed E-state index contributed by atoms with van der Waals surface area (Å²) in [6.45, 7) is 4.49. The number of fused-ring (bicyclic) bond motifs is 1. The molecule has 0 bridgehead atoms. The molecule has 7 nitrogen and oxygen atoms in total. The number of carbonyl (C=O) groups excluding carboxylic acids is 2. The van der Waals surface area contributed by atoms with Gasteiger partial charge in [0.1, 0.15) is 6.29 Å². The topological polar surface area (TPSA) is 92.7 Å². The Bertz CT molecular complexity index is 842. The number of rotatable bonds is 4. The van der Waals surface area contributed by atoms with E-state index in [-0.39, 0.29) is 17.2 Å². The van der Waals surface area contributed by atoms with Crippen molar-refractivity contribution >= 4 is 17.9 Å². The highest BCUT2D eigenvalue weighted by atomic mass is 16.2. The zero-order chi connectivity index (χ0) is 19.0. The van der Waals surface area contributed by atoms with Crippen LogP contribution in [0, 0.1) is 11.3 Å². The number of nitrogens with zero attached hydrogens (tertiary/aromatic N) is 3. The van der Waals surface area contributed by atoms with Gasteiger partial charge in [-0.2, -0.15) is 10.2 Å². The van der Waals surface area contributed by atoms with Crippen molar-refractivity contribution in [2.24, 2.45) is 11.3 Å². The normalized spacial score (nSPS) is 24.2. The molecule has 0 radical (unpaired) electrons. The fraction of sp³-hybridized carbons (Fsp3) is 0.600. The molecule has 2 heterocycles. The standard InChI is InChI=1S/C20H27N5O2/c1-20(2)8-7-16-17(9-20)23-24-18(16)19(27)22-14-10-21-25(11-14)15-5-3-13(12-26)4-6-15/h10-13,15H,3-9H2,1-2H3,(H,22,27)(H,23,24)/t13-,15-. The molecule has 1 fully saturated rings. The first-order valence-electron chi connectivity index (χ1n) is 9.82. The number of aromatic amines is 1. The van der Waals surface area contributed by atoms with Crippen LogP contribution in [0.5, 0.6) is 0 Å². The van der Waals surface area contributed by atoms with Crippen molar-refractivity contribution in [1.82, 2.24) is 20.0 Å². The fourth-order valence-electron chi connectivity index (χ4n) is 4.33. The van der Waals surface area contributed by atoms with Gasteiger partial charge in [-0.25, -0.2) is 0 Å². The average molecular weight is 369 g/mol. The number of nitrogens with one attached hydrogen (secondary N) is 2. The highest BCUT2D eigenvalue weighted by molar-refractivity contribution is 6.03. The Kier molecular flexibility index (Phi) is 4.61. The molecule has 0 saturated heterocycles. The summed E-state index contributed by atoms with van der Waals surface area (Å²) in [5, 5.41) is 14.7. The third kappa shape index (κ3) is 3.68. The number of hydrogen-bond donors (Lipinski definition) is 2. The van der Waals surface area contributed by atoms with Crippen LogP contribution in [0.3, 0.4) is 0 Å². The van der Waals surface area contributed by atoms with Gasteiger partial charge >= 0.3 is 0 Å². The number of aldehydes is 1. The number of aromatic nitrogens is 4. The molecule has 2 aromatic heterocycles. The van der Waals surface area contributed by atoms with Crippen LogP contribution in [0.15, 0.2) is 12.4 Å². The predicted molar refractivity (Wildman–Crippen MR) is 102 cm³/mol. The van der Waals surface area contributed by atoms with Gasteiger partial charge < -0.3 is 10.1 Å². The Labute approximate surface area is 158 Å². The number of amides is 1. The number of hydrogen-bond acceptors (Lipinski definition) is 4. The maximum Gasteiger partial charge on any atom is 0.276 e. The molecule has 0 unspecified atom stereocenters. The van der Waals surface area contributed by atoms with Crippen LogP contribution in [0.25, 0.3) is 0 Å². The summed E-state index contributed by atoms with van der Waals surface area (Å²) in [5.74, 6) is 0.00299. The highest BCUT2D eigenvalue weighted by Gasteiger charge is 2.30. The van der Waals surface area contributed by atoms with E-state index in [1.165, 1.54) is 0 Å². The van der Waals surface area contributed by atoms with Crippen molar-refractivity contribution in [3.05, 3.63) is 29.3 Å². The first kappa shape index (κ1) is 17.9. The largest absolute Gasteiger partial charge is 0.318 e. The van der Waals surface area contributed by atoms with Crippen LogP contribution < -0.4 is 5.32 Å². The van der Waals surface area contributed by atoms with Gasteiger partial charge in [-0.15, -0.1) is 0 Å². The molecule has 7 heteroatoms. The second-order valence-corrected chi connectivity index (χ2v) is 8.74. The molecule has 27 heavy (non-hydrogen) atoms. The lowest BCUT2D eigenvalue weighted by molar-refractivity contribution is -0.112. The molecule has 0 aromatic carbocycles. The van der Waals surface area contributed by atoms with Crippen LogP contribution in [0.4, 0.5) is 5.69 Å². The Hall–Kier alpha value is -2.44. The summed E-state index contributed by atoms with van der Waals surface area (Å²) in [7, 11) is 0. The molecule has 2 N–H and O–H groups in total. The second-order valence-electron chi connectivity index (χ2n) is 8.74. The molecule has 0 spiro atoms. The minimum absolute atomic E-state index is 0.184. The van der Waals surface area contributed by atoms with Gasteiger partial charge in [-0.05, 0) is 50.4 Å². The Morgan fingerprint density at radius 3 is 2.85 bits per heavy atom. The van der Waals surface area contributed by atoms with Crippen molar-refractivity contribution in [2.45, 2.75) is 64.8 Å². The molecule has 2 aliphatic rings. The van der Waals surface area contributed by atoms with E-state index in [0.717, 1.165) is 62.5 Å². The molecule has 144 valence electrons. The summed E-state index contributed by atoms with van der Waals surface area (Å²) < 4.78 is 1.92. The van der Waals surface area contributed by atoms with Gasteiger partial charge in [-0.3, -0.25) is 14.6 Å². The summed E-state index contributed by atoms with van der Waals surface area (Å²) in [6, 6.07) is 0.298. The third-order valence-corrected chi connectivity index (χ3v) is 6.04. The van der Waals surface area contributed by atoms with Crippen molar-refractivity contribution in [3.8, 4) is 0 Å². The maximum absolute atomic E-state index is 12.7. The molecular formula is C20H27N5O2. The fourth-order valence-corrected chi connectivity index (χ4v) is 4.33. The van der Waals surface area contributed by atoms with E-state index in [1.54, 1.807) is 6.20 Å². The average Bonchev–Trinajstić information content (AvgIpc) is 3.27. The van der Waals surface area contributed by atoms with Crippen LogP contribution in [0.1, 0.15) is 73.7 Å². The minimum Gasteiger partial charge on any atom is -0.318 e. The molecule has 2 aromatic rings. The molecule has 4 rings (SSSR count). The van der Waals surface area contributed by atoms with E-state index in [1.807, 2.05) is 10.9 Å². The zero-order valence-electron chi connectivity index (χ0n) is 16.0. The van der Waals surface area contributed by atoms with E-state index in [4.69, 9.17) is 0 Å². The second kappa shape index (κ2) is 6.94. The number of H-pyrrole nitrogens is 1. The summed E-state index contributed by atoms with van der Waals surface area (Å²) in [4.78, 5) is 23.6. The van der Waals surface area contributed by atoms with Crippen LogP contribution in [-0.4, -0.2) is 32.2 Å². The number of carbonyl (C=O) groups is 2. The smallest absolute Gasteiger partial charge is 0.276 e. The van der Waals surface area contributed by atoms with Gasteiger partial charge in [0.15, 0.2) is 5.69 Å². The van der Waals surface area contributed by atoms with E-state index in [0.29, 0.717) is 17.4 Å². The zero-order valence-corrected chi connectivity index (χ0v) is 16.0. The molecule has 2 aliphatic carbocycles. The van der Waals surface area contributed by atoms with Crippen molar-refractivity contribution in [1.29, 1.82) is 0 Å². The SMILES string of the molecule is CC1(C)CCc2c(C(=O)Nc3cnn([C@H]4CC[C@H](C=O)CC4)c3)n[nH]c2C1. The first-order valence-corrected chi connectivity index (χ1v) is 9.82. The van der Waals surface area contributed by atoms with Crippen molar-refractivity contribution in [3.63, 3.8) is 0 Å². The molecule has 0 atom stereocenters. The first-order chi connectivity index (χ1) is 12.9. The van der Waals surface area contributed by atoms with Crippen molar-refractivity contribution < 1.29 is 9.59 Å². The van der Waals surface area contributed by atoms with E-state index < -0.39 is 0 Å². The summed E-state index contributed by atoms with van der Waals surface area (Å²) in [5.41, 5.74) is 3.56. The minimum atomic E-state index is -0.184. The van der Waals surface area contributed by atoms with E-state index in [2.05, 4.69) is 34.5 Å². The Morgan fingerprint density at radius 2 is 2.11 bits per heavy atom. The lowest BCUT2D eigenvalue weighted by Crippen LogP contribution is -2.23. The molecule has 1 amide bonds. The lowest BCUT2D eigenvalue weighted by atomic mass is 9.76. The van der Waals surface area contributed by atoms with Gasteiger partial charge in [0, 0.05) is 23.4 Å². The Balaban J connectivity index is 1.42. The van der Waals surface area contributed by atoms with Crippen LogP contribution in [-0.2, 0) is 17.6 Å². The summed E-state index contributed by atoms with van der Waals surface area (Å²) in [6.07, 6.45) is 11.2. The quantitative estimate of drug-likeness (QED) is 0.809. The highest BCUT2D eigenvalue weighted by Crippen LogP contribution is 2.35. The lowest BCUT2D eigenvalue weighted by Gasteiger charge is -2.28. The number of anilines is 1. The van der Waals surface area contributed by atoms with Crippen LogP contribution in [0.2, 0.25) is 0 Å². The van der Waals surface area contributed by atoms with Gasteiger partial charge in [-0.1, -0.05) is 13.8 Å². The predicted octanol–water partition coefficient (Wildman–Crippen LogP) is 3.30. The van der Waals surface area contributed by atoms with Gasteiger partial charge in [0.05, 0.1) is 17.9 Å². The van der Waals surface area contributed by atoms with E-state index in [9.17, 15) is 9.59 Å². The third-order valence-electron chi connectivity index (χ3n) is 6.04. The van der Waals surface area contributed by atoms with E-state index >= 15 is 0 Å². The summed E-state index contributed by atoms with van der Waals surface area (Å²) >= 11 is 0.